The summed E-state index contributed by atoms with van der Waals surface area (Å²) in [4.78, 5) is 8.99. The minimum atomic E-state index is 0.799. The van der Waals surface area contributed by atoms with Crippen LogP contribution in [0.2, 0.25) is 0 Å². The van der Waals surface area contributed by atoms with E-state index in [4.69, 9.17) is 0 Å². The van der Waals surface area contributed by atoms with Crippen molar-refractivity contribution in [1.29, 1.82) is 0 Å². The van der Waals surface area contributed by atoms with Crippen LogP contribution in [0.5, 0.6) is 0 Å². The fourth-order valence-corrected chi connectivity index (χ4v) is 2.38. The molecule has 0 radical (unpaired) electrons. The predicted molar refractivity (Wildman–Crippen MR) is 77.3 cm³/mol. The van der Waals surface area contributed by atoms with Gasteiger partial charge < -0.3 is 10.6 Å². The minimum Gasteiger partial charge on any atom is -0.373 e. The Morgan fingerprint density at radius 1 is 1.28 bits per heavy atom. The maximum atomic E-state index is 4.54. The molecular formula is C13H18N4S. The third kappa shape index (κ3) is 2.79. The summed E-state index contributed by atoms with van der Waals surface area (Å²) in [6.45, 7) is 4.89. The Morgan fingerprint density at radius 3 is 2.67 bits per heavy atom. The lowest BCUT2D eigenvalue weighted by atomic mass is 10.2. The highest BCUT2D eigenvalue weighted by molar-refractivity contribution is 7.07. The minimum absolute atomic E-state index is 0.799. The summed E-state index contributed by atoms with van der Waals surface area (Å²) in [5, 5.41) is 10.7. The molecule has 4 nitrogen and oxygen atoms in total. The summed E-state index contributed by atoms with van der Waals surface area (Å²) in [6, 6.07) is 2.12. The molecule has 0 aliphatic carbocycles. The molecule has 96 valence electrons. The maximum Gasteiger partial charge on any atom is 0.135 e. The van der Waals surface area contributed by atoms with Gasteiger partial charge in [-0.05, 0) is 29.3 Å². The van der Waals surface area contributed by atoms with Gasteiger partial charge in [0.1, 0.15) is 17.5 Å². The van der Waals surface area contributed by atoms with Crippen molar-refractivity contribution in [1.82, 2.24) is 9.97 Å². The first kappa shape index (κ1) is 12.8. The van der Waals surface area contributed by atoms with E-state index < -0.39 is 0 Å². The zero-order chi connectivity index (χ0) is 13.0. The van der Waals surface area contributed by atoms with Crippen LogP contribution in [0.15, 0.2) is 16.8 Å². The zero-order valence-electron chi connectivity index (χ0n) is 10.9. The predicted octanol–water partition coefficient (Wildman–Crippen LogP) is 3.06. The number of rotatable bonds is 5. The van der Waals surface area contributed by atoms with Crippen LogP contribution in [0, 0.1) is 6.92 Å². The molecule has 0 saturated carbocycles. The standard InChI is InChI=1S/C13H18N4S/c1-4-11-16-12(14-3)9(2)13(17-11)15-7-10-5-6-18-8-10/h5-6,8H,4,7H2,1-3H3,(H2,14,15,16,17). The molecule has 0 amide bonds. The van der Waals surface area contributed by atoms with E-state index in [0.717, 1.165) is 36.0 Å². The number of hydrogen-bond acceptors (Lipinski definition) is 5. The van der Waals surface area contributed by atoms with E-state index in [-0.39, 0.29) is 0 Å². The van der Waals surface area contributed by atoms with Crippen molar-refractivity contribution >= 4 is 23.0 Å². The molecule has 5 heteroatoms. The van der Waals surface area contributed by atoms with Gasteiger partial charge in [-0.3, -0.25) is 0 Å². The quantitative estimate of drug-likeness (QED) is 0.869. The first-order chi connectivity index (χ1) is 8.74. The normalized spacial score (nSPS) is 10.4. The molecule has 18 heavy (non-hydrogen) atoms. The molecule has 0 atom stereocenters. The number of nitrogens with one attached hydrogen (secondary N) is 2. The van der Waals surface area contributed by atoms with Crippen molar-refractivity contribution in [2.75, 3.05) is 17.7 Å². The average molecular weight is 262 g/mol. The van der Waals surface area contributed by atoms with Gasteiger partial charge >= 0.3 is 0 Å². The van der Waals surface area contributed by atoms with Gasteiger partial charge in [0.15, 0.2) is 0 Å². The number of nitrogens with zero attached hydrogens (tertiary/aromatic N) is 2. The third-order valence-electron chi connectivity index (χ3n) is 2.79. The SMILES string of the molecule is CCc1nc(NC)c(C)c(NCc2ccsc2)n1. The van der Waals surface area contributed by atoms with Gasteiger partial charge in [-0.2, -0.15) is 11.3 Å². The van der Waals surface area contributed by atoms with E-state index in [0.29, 0.717) is 0 Å². The Kier molecular flexibility index (Phi) is 4.15. The Morgan fingerprint density at radius 2 is 2.06 bits per heavy atom. The van der Waals surface area contributed by atoms with Gasteiger partial charge in [-0.15, -0.1) is 0 Å². The summed E-state index contributed by atoms with van der Waals surface area (Å²) >= 11 is 1.71. The molecule has 0 spiro atoms. The van der Waals surface area contributed by atoms with Crippen molar-refractivity contribution in [3.63, 3.8) is 0 Å². The van der Waals surface area contributed by atoms with Crippen molar-refractivity contribution < 1.29 is 0 Å². The van der Waals surface area contributed by atoms with Gasteiger partial charge in [-0.25, -0.2) is 9.97 Å². The van der Waals surface area contributed by atoms with Crippen LogP contribution in [0.3, 0.4) is 0 Å². The molecule has 2 aromatic rings. The monoisotopic (exact) mass is 262 g/mol. The molecule has 2 aromatic heterocycles. The van der Waals surface area contributed by atoms with Crippen LogP contribution in [0.1, 0.15) is 23.9 Å². The average Bonchev–Trinajstić information content (AvgIpc) is 2.90. The van der Waals surface area contributed by atoms with Gasteiger partial charge in [0.2, 0.25) is 0 Å². The highest BCUT2D eigenvalue weighted by atomic mass is 32.1. The Bertz CT molecular complexity index is 508. The molecule has 0 fully saturated rings. The number of aryl methyl sites for hydroxylation is 1. The summed E-state index contributed by atoms with van der Waals surface area (Å²) in [6.07, 6.45) is 0.835. The molecule has 0 bridgehead atoms. The zero-order valence-corrected chi connectivity index (χ0v) is 11.8. The first-order valence-corrected chi connectivity index (χ1v) is 6.99. The molecule has 2 N–H and O–H groups in total. The number of thiophene rings is 1. The second-order valence-corrected chi connectivity index (χ2v) is 4.83. The lowest BCUT2D eigenvalue weighted by Crippen LogP contribution is -2.09. The second kappa shape index (κ2) is 5.82. The molecule has 0 unspecified atom stereocenters. The van der Waals surface area contributed by atoms with E-state index in [9.17, 15) is 0 Å². The number of hydrogen-bond donors (Lipinski definition) is 2. The highest BCUT2D eigenvalue weighted by Crippen LogP contribution is 2.20. The Balaban J connectivity index is 2.20. The van der Waals surface area contributed by atoms with E-state index >= 15 is 0 Å². The molecule has 0 aromatic carbocycles. The van der Waals surface area contributed by atoms with Crippen molar-refractivity contribution in [2.45, 2.75) is 26.8 Å². The van der Waals surface area contributed by atoms with Crippen LogP contribution in [0.25, 0.3) is 0 Å². The fraction of sp³-hybridized carbons (Fsp3) is 0.385. The number of anilines is 2. The van der Waals surface area contributed by atoms with Crippen molar-refractivity contribution in [3.05, 3.63) is 33.8 Å². The number of aromatic nitrogens is 2. The van der Waals surface area contributed by atoms with E-state index in [1.54, 1.807) is 11.3 Å². The second-order valence-electron chi connectivity index (χ2n) is 4.05. The van der Waals surface area contributed by atoms with Crippen LogP contribution in [-0.4, -0.2) is 17.0 Å². The van der Waals surface area contributed by atoms with Gasteiger partial charge in [-0.1, -0.05) is 6.92 Å². The Labute approximate surface area is 111 Å². The molecule has 2 heterocycles. The maximum absolute atomic E-state index is 4.54. The van der Waals surface area contributed by atoms with Crippen LogP contribution < -0.4 is 10.6 Å². The van der Waals surface area contributed by atoms with Crippen LogP contribution in [0.4, 0.5) is 11.6 Å². The summed E-state index contributed by atoms with van der Waals surface area (Å²) < 4.78 is 0. The van der Waals surface area contributed by atoms with Gasteiger partial charge in [0.05, 0.1) is 0 Å². The lowest BCUT2D eigenvalue weighted by Gasteiger charge is -2.12. The first-order valence-electron chi connectivity index (χ1n) is 6.04. The van der Waals surface area contributed by atoms with Gasteiger partial charge in [0.25, 0.3) is 0 Å². The smallest absolute Gasteiger partial charge is 0.135 e. The summed E-state index contributed by atoms with van der Waals surface area (Å²) in [5.74, 6) is 2.67. The summed E-state index contributed by atoms with van der Waals surface area (Å²) in [5.41, 5.74) is 2.34. The largest absolute Gasteiger partial charge is 0.373 e. The van der Waals surface area contributed by atoms with Crippen molar-refractivity contribution in [3.8, 4) is 0 Å². The molecular weight excluding hydrogens is 244 g/mol. The van der Waals surface area contributed by atoms with Crippen LogP contribution in [-0.2, 0) is 13.0 Å². The molecule has 2 rings (SSSR count). The highest BCUT2D eigenvalue weighted by Gasteiger charge is 2.08. The Hall–Kier alpha value is -1.62. The van der Waals surface area contributed by atoms with E-state index in [2.05, 4.69) is 44.4 Å². The third-order valence-corrected chi connectivity index (χ3v) is 3.52. The topological polar surface area (TPSA) is 49.8 Å². The molecule has 0 aliphatic rings. The van der Waals surface area contributed by atoms with Crippen molar-refractivity contribution in [2.24, 2.45) is 0 Å². The lowest BCUT2D eigenvalue weighted by molar-refractivity contribution is 0.925. The van der Waals surface area contributed by atoms with E-state index in [1.807, 2.05) is 14.0 Å². The molecule has 0 aliphatic heterocycles. The van der Waals surface area contributed by atoms with Crippen LogP contribution >= 0.6 is 11.3 Å². The van der Waals surface area contributed by atoms with E-state index in [1.165, 1.54) is 5.56 Å². The molecule has 0 saturated heterocycles. The fourth-order valence-electron chi connectivity index (χ4n) is 1.72. The summed E-state index contributed by atoms with van der Waals surface area (Å²) in [7, 11) is 1.89. The van der Waals surface area contributed by atoms with Gasteiger partial charge in [0, 0.05) is 25.6 Å².